The number of esters is 1. The molecule has 94 valence electrons. The van der Waals surface area contributed by atoms with Gasteiger partial charge in [0.15, 0.2) is 0 Å². The van der Waals surface area contributed by atoms with Crippen LogP contribution in [-0.4, -0.2) is 18.6 Å². The summed E-state index contributed by atoms with van der Waals surface area (Å²) >= 11 is 3.17. The molecule has 5 heteroatoms. The van der Waals surface area contributed by atoms with Gasteiger partial charge in [0.2, 0.25) is 0 Å². The molecule has 1 atom stereocenters. The summed E-state index contributed by atoms with van der Waals surface area (Å²) in [6.07, 6.45) is 0.536. The highest BCUT2D eigenvalue weighted by Gasteiger charge is 2.18. The van der Waals surface area contributed by atoms with Crippen LogP contribution in [0.1, 0.15) is 20.3 Å². The van der Waals surface area contributed by atoms with Gasteiger partial charge in [-0.15, -0.1) is 0 Å². The average molecular weight is 304 g/mol. The average Bonchev–Trinajstić information content (AvgIpc) is 2.28. The van der Waals surface area contributed by atoms with Gasteiger partial charge in [0.25, 0.3) is 0 Å². The molecule has 1 rings (SSSR count). The lowest BCUT2D eigenvalue weighted by molar-refractivity contribution is -0.144. The highest BCUT2D eigenvalue weighted by Crippen LogP contribution is 2.20. The summed E-state index contributed by atoms with van der Waals surface area (Å²) < 4.78 is 19.1. The molecular formula is C12H15BrFNO2. The number of carbonyl (C=O) groups is 1. The first-order valence-electron chi connectivity index (χ1n) is 5.46. The Hall–Kier alpha value is -1.10. The fraction of sp³-hybridized carbons (Fsp3) is 0.417. The van der Waals surface area contributed by atoms with Crippen LogP contribution in [0.25, 0.3) is 0 Å². The van der Waals surface area contributed by atoms with Crippen molar-refractivity contribution in [1.82, 2.24) is 0 Å². The van der Waals surface area contributed by atoms with E-state index in [2.05, 4.69) is 21.2 Å². The van der Waals surface area contributed by atoms with E-state index >= 15 is 0 Å². The molecule has 1 unspecified atom stereocenters. The van der Waals surface area contributed by atoms with E-state index in [1.807, 2.05) is 6.92 Å². The van der Waals surface area contributed by atoms with Gasteiger partial charge in [-0.3, -0.25) is 0 Å². The van der Waals surface area contributed by atoms with E-state index in [4.69, 9.17) is 4.74 Å². The molecule has 0 saturated carbocycles. The summed E-state index contributed by atoms with van der Waals surface area (Å²) in [7, 11) is 0. The van der Waals surface area contributed by atoms with Crippen LogP contribution in [0.15, 0.2) is 22.7 Å². The molecule has 0 amide bonds. The molecule has 17 heavy (non-hydrogen) atoms. The van der Waals surface area contributed by atoms with Crippen molar-refractivity contribution < 1.29 is 13.9 Å². The Labute approximate surface area is 108 Å². The third-order valence-electron chi connectivity index (χ3n) is 2.24. The number of ether oxygens (including phenoxy) is 1. The first-order chi connectivity index (χ1) is 8.08. The van der Waals surface area contributed by atoms with Crippen molar-refractivity contribution in [2.24, 2.45) is 0 Å². The van der Waals surface area contributed by atoms with Crippen LogP contribution in [-0.2, 0) is 9.53 Å². The molecule has 0 saturated heterocycles. The largest absolute Gasteiger partial charge is 0.464 e. The topological polar surface area (TPSA) is 38.3 Å². The van der Waals surface area contributed by atoms with Gasteiger partial charge in [0.05, 0.1) is 12.3 Å². The summed E-state index contributed by atoms with van der Waals surface area (Å²) in [6, 6.07) is 4.12. The van der Waals surface area contributed by atoms with Crippen molar-refractivity contribution in [3.8, 4) is 0 Å². The molecule has 3 nitrogen and oxygen atoms in total. The molecule has 0 aliphatic rings. The first-order valence-corrected chi connectivity index (χ1v) is 6.26. The summed E-state index contributed by atoms with van der Waals surface area (Å²) in [5.74, 6) is -0.764. The number of carbonyl (C=O) groups excluding carboxylic acids is 1. The van der Waals surface area contributed by atoms with Gasteiger partial charge in [-0.2, -0.15) is 0 Å². The van der Waals surface area contributed by atoms with Crippen LogP contribution in [0.5, 0.6) is 0 Å². The molecular weight excluding hydrogens is 289 g/mol. The van der Waals surface area contributed by atoms with E-state index in [1.165, 1.54) is 6.07 Å². The lowest BCUT2D eigenvalue weighted by Gasteiger charge is -2.17. The third kappa shape index (κ3) is 4.00. The molecule has 0 fully saturated rings. The molecule has 0 bridgehead atoms. The molecule has 1 aromatic carbocycles. The van der Waals surface area contributed by atoms with Gasteiger partial charge >= 0.3 is 5.97 Å². The van der Waals surface area contributed by atoms with Crippen LogP contribution >= 0.6 is 15.9 Å². The van der Waals surface area contributed by atoms with Crippen LogP contribution in [0.3, 0.4) is 0 Å². The Morgan fingerprint density at radius 1 is 1.53 bits per heavy atom. The molecule has 1 aromatic rings. The maximum atomic E-state index is 13.6. The molecule has 0 radical (unpaired) electrons. The molecule has 0 aromatic heterocycles. The van der Waals surface area contributed by atoms with E-state index in [9.17, 15) is 9.18 Å². The SMILES string of the molecule is CCOC(=O)C(CC)Nc1ccc(Br)cc1F. The number of anilines is 1. The summed E-state index contributed by atoms with van der Waals surface area (Å²) in [4.78, 5) is 11.5. The number of halogens is 2. The minimum Gasteiger partial charge on any atom is -0.464 e. The van der Waals surface area contributed by atoms with Crippen LogP contribution in [0.2, 0.25) is 0 Å². The van der Waals surface area contributed by atoms with Crippen molar-refractivity contribution >= 4 is 27.6 Å². The van der Waals surface area contributed by atoms with Crippen LogP contribution < -0.4 is 5.32 Å². The monoisotopic (exact) mass is 303 g/mol. The minimum absolute atomic E-state index is 0.299. The zero-order valence-electron chi connectivity index (χ0n) is 9.80. The number of hydrogen-bond acceptors (Lipinski definition) is 3. The van der Waals surface area contributed by atoms with Gasteiger partial charge in [0, 0.05) is 4.47 Å². The van der Waals surface area contributed by atoms with Gasteiger partial charge in [-0.1, -0.05) is 22.9 Å². The second kappa shape index (κ2) is 6.59. The normalized spacial score (nSPS) is 12.0. The molecule has 0 spiro atoms. The highest BCUT2D eigenvalue weighted by molar-refractivity contribution is 9.10. The van der Waals surface area contributed by atoms with E-state index in [0.717, 1.165) is 0 Å². The second-order valence-electron chi connectivity index (χ2n) is 3.48. The van der Waals surface area contributed by atoms with E-state index in [1.54, 1.807) is 19.1 Å². The maximum absolute atomic E-state index is 13.6. The fourth-order valence-corrected chi connectivity index (χ4v) is 1.70. The van der Waals surface area contributed by atoms with Crippen molar-refractivity contribution in [2.75, 3.05) is 11.9 Å². The lowest BCUT2D eigenvalue weighted by atomic mass is 10.2. The second-order valence-corrected chi connectivity index (χ2v) is 4.40. The van der Waals surface area contributed by atoms with Crippen molar-refractivity contribution in [2.45, 2.75) is 26.3 Å². The quantitative estimate of drug-likeness (QED) is 0.848. The van der Waals surface area contributed by atoms with Crippen molar-refractivity contribution in [3.63, 3.8) is 0 Å². The summed E-state index contributed by atoms with van der Waals surface area (Å²) in [6.45, 7) is 3.90. The van der Waals surface area contributed by atoms with Gasteiger partial charge in [0.1, 0.15) is 11.9 Å². The number of hydrogen-bond donors (Lipinski definition) is 1. The molecule has 0 aliphatic heterocycles. The first kappa shape index (κ1) is 14.0. The Morgan fingerprint density at radius 2 is 2.24 bits per heavy atom. The molecule has 0 aliphatic carbocycles. The predicted octanol–water partition coefficient (Wildman–Crippen LogP) is 3.34. The van der Waals surface area contributed by atoms with E-state index in [-0.39, 0.29) is 5.97 Å². The Morgan fingerprint density at radius 3 is 2.76 bits per heavy atom. The van der Waals surface area contributed by atoms with Crippen LogP contribution in [0, 0.1) is 5.82 Å². The van der Waals surface area contributed by atoms with Gasteiger partial charge in [-0.05, 0) is 31.5 Å². The van der Waals surface area contributed by atoms with Crippen molar-refractivity contribution in [3.05, 3.63) is 28.5 Å². The summed E-state index contributed by atoms with van der Waals surface area (Å²) in [5, 5.41) is 2.84. The molecule has 0 heterocycles. The summed E-state index contributed by atoms with van der Waals surface area (Å²) in [5.41, 5.74) is 0.299. The van der Waals surface area contributed by atoms with E-state index < -0.39 is 11.9 Å². The number of rotatable bonds is 5. The third-order valence-corrected chi connectivity index (χ3v) is 2.73. The molecule has 1 N–H and O–H groups in total. The maximum Gasteiger partial charge on any atom is 0.328 e. The Kier molecular flexibility index (Phi) is 5.41. The standard InChI is InChI=1S/C12H15BrFNO2/c1-3-10(12(16)17-4-2)15-11-6-5-8(13)7-9(11)14/h5-7,10,15H,3-4H2,1-2H3. The Balaban J connectivity index is 2.77. The lowest BCUT2D eigenvalue weighted by Crippen LogP contribution is -2.31. The predicted molar refractivity (Wildman–Crippen MR) is 68.4 cm³/mol. The van der Waals surface area contributed by atoms with Crippen LogP contribution in [0.4, 0.5) is 10.1 Å². The van der Waals surface area contributed by atoms with Gasteiger partial charge < -0.3 is 10.1 Å². The van der Waals surface area contributed by atoms with Gasteiger partial charge in [-0.25, -0.2) is 9.18 Å². The fourth-order valence-electron chi connectivity index (χ4n) is 1.36. The highest BCUT2D eigenvalue weighted by atomic mass is 79.9. The minimum atomic E-state index is -0.523. The number of benzene rings is 1. The zero-order valence-corrected chi connectivity index (χ0v) is 11.4. The number of nitrogens with one attached hydrogen (secondary N) is 1. The van der Waals surface area contributed by atoms with E-state index in [0.29, 0.717) is 23.2 Å². The van der Waals surface area contributed by atoms with Crippen molar-refractivity contribution in [1.29, 1.82) is 0 Å². The Bertz CT molecular complexity index is 398. The smallest absolute Gasteiger partial charge is 0.328 e. The zero-order chi connectivity index (χ0) is 12.8.